The van der Waals surface area contributed by atoms with E-state index in [1.807, 2.05) is 6.92 Å². The summed E-state index contributed by atoms with van der Waals surface area (Å²) in [5.74, 6) is 0. The van der Waals surface area contributed by atoms with Crippen molar-refractivity contribution in [2.24, 2.45) is 0 Å². The number of ether oxygens (including phenoxy) is 4. The third kappa shape index (κ3) is 5.76. The minimum Gasteiger partial charge on any atom is -0.394 e. The Hall–Kier alpha value is -0.320. The summed E-state index contributed by atoms with van der Waals surface area (Å²) >= 11 is 0. The lowest BCUT2D eigenvalue weighted by molar-refractivity contribution is -0.305. The molecule has 1 heterocycles. The van der Waals surface area contributed by atoms with Crippen LogP contribution in [-0.2, 0) is 18.9 Å². The molecular weight excluding hydrogens is 284 g/mol. The van der Waals surface area contributed by atoms with Gasteiger partial charge in [0.1, 0.15) is 24.4 Å². The van der Waals surface area contributed by atoms with Crippen LogP contribution in [0.4, 0.5) is 0 Å². The highest BCUT2D eigenvalue weighted by Gasteiger charge is 2.46. The van der Waals surface area contributed by atoms with Gasteiger partial charge in [-0.1, -0.05) is 6.92 Å². The van der Waals surface area contributed by atoms with E-state index >= 15 is 0 Å². The van der Waals surface area contributed by atoms with Gasteiger partial charge in [-0.05, 0) is 6.42 Å². The first-order valence-corrected chi connectivity index (χ1v) is 7.20. The van der Waals surface area contributed by atoms with Gasteiger partial charge in [-0.3, -0.25) is 0 Å². The molecule has 5 unspecified atom stereocenters. The van der Waals surface area contributed by atoms with Crippen molar-refractivity contribution in [3.05, 3.63) is 0 Å². The van der Waals surface area contributed by atoms with Crippen LogP contribution in [0.15, 0.2) is 0 Å². The maximum Gasteiger partial charge on any atom is 0.184 e. The standard InChI is InChI=1S/C13H26O8/c1-2-5-19-11-9(8-18-6-3-14)21-13(17)12(10(11)16)20-7-4-15/h9-17H,2-8H2,1H3. The monoisotopic (exact) mass is 310 g/mol. The number of hydrogen-bond donors (Lipinski definition) is 4. The van der Waals surface area contributed by atoms with Gasteiger partial charge < -0.3 is 39.4 Å². The van der Waals surface area contributed by atoms with E-state index in [0.717, 1.165) is 6.42 Å². The fraction of sp³-hybridized carbons (Fsp3) is 1.00. The Balaban J connectivity index is 2.65. The van der Waals surface area contributed by atoms with E-state index in [0.29, 0.717) is 6.61 Å². The highest BCUT2D eigenvalue weighted by molar-refractivity contribution is 4.91. The Kier molecular flexibility index (Phi) is 9.29. The summed E-state index contributed by atoms with van der Waals surface area (Å²) in [6, 6.07) is 0. The summed E-state index contributed by atoms with van der Waals surface area (Å²) in [5, 5.41) is 37.7. The quantitative estimate of drug-likeness (QED) is 0.351. The van der Waals surface area contributed by atoms with Crippen LogP contribution in [0, 0.1) is 0 Å². The lowest BCUT2D eigenvalue weighted by atomic mass is 9.98. The van der Waals surface area contributed by atoms with E-state index in [-0.39, 0.29) is 33.0 Å². The van der Waals surface area contributed by atoms with Crippen LogP contribution >= 0.6 is 0 Å². The minimum absolute atomic E-state index is 0.0195. The Bertz CT molecular complexity index is 263. The second-order valence-electron chi connectivity index (χ2n) is 4.75. The van der Waals surface area contributed by atoms with Gasteiger partial charge >= 0.3 is 0 Å². The van der Waals surface area contributed by atoms with Crippen LogP contribution in [0.5, 0.6) is 0 Å². The van der Waals surface area contributed by atoms with Crippen LogP contribution in [0.1, 0.15) is 13.3 Å². The molecule has 1 saturated heterocycles. The zero-order valence-corrected chi connectivity index (χ0v) is 12.3. The Morgan fingerprint density at radius 3 is 2.24 bits per heavy atom. The van der Waals surface area contributed by atoms with E-state index in [9.17, 15) is 10.2 Å². The van der Waals surface area contributed by atoms with Gasteiger partial charge in [-0.2, -0.15) is 0 Å². The van der Waals surface area contributed by atoms with E-state index in [1.54, 1.807) is 0 Å². The summed E-state index contributed by atoms with van der Waals surface area (Å²) in [4.78, 5) is 0. The van der Waals surface area contributed by atoms with E-state index in [2.05, 4.69) is 0 Å². The van der Waals surface area contributed by atoms with Crippen molar-refractivity contribution >= 4 is 0 Å². The molecule has 5 atom stereocenters. The van der Waals surface area contributed by atoms with Crippen LogP contribution < -0.4 is 0 Å². The highest BCUT2D eigenvalue weighted by atomic mass is 16.7. The fourth-order valence-electron chi connectivity index (χ4n) is 2.14. The molecule has 0 amide bonds. The molecule has 0 aromatic heterocycles. The normalized spacial score (nSPS) is 33.3. The third-order valence-corrected chi connectivity index (χ3v) is 3.07. The second kappa shape index (κ2) is 10.4. The molecule has 4 N–H and O–H groups in total. The van der Waals surface area contributed by atoms with E-state index in [4.69, 9.17) is 29.2 Å². The van der Waals surface area contributed by atoms with Crippen molar-refractivity contribution in [2.45, 2.75) is 44.1 Å². The van der Waals surface area contributed by atoms with Gasteiger partial charge in [0.2, 0.25) is 0 Å². The van der Waals surface area contributed by atoms with E-state index in [1.165, 1.54) is 0 Å². The Morgan fingerprint density at radius 1 is 0.952 bits per heavy atom. The van der Waals surface area contributed by atoms with Crippen molar-refractivity contribution in [1.82, 2.24) is 0 Å². The number of aliphatic hydroxyl groups is 4. The van der Waals surface area contributed by atoms with Crippen LogP contribution in [-0.4, -0.2) is 90.8 Å². The minimum atomic E-state index is -1.34. The molecule has 1 aliphatic heterocycles. The molecule has 0 spiro atoms. The predicted molar refractivity (Wildman–Crippen MR) is 71.6 cm³/mol. The van der Waals surface area contributed by atoms with Gasteiger partial charge in [-0.25, -0.2) is 0 Å². The number of hydrogen-bond acceptors (Lipinski definition) is 8. The zero-order valence-electron chi connectivity index (χ0n) is 12.3. The van der Waals surface area contributed by atoms with Crippen LogP contribution in [0.3, 0.4) is 0 Å². The van der Waals surface area contributed by atoms with Gasteiger partial charge in [0.25, 0.3) is 0 Å². The lowest BCUT2D eigenvalue weighted by Crippen LogP contribution is -2.60. The highest BCUT2D eigenvalue weighted by Crippen LogP contribution is 2.25. The second-order valence-corrected chi connectivity index (χ2v) is 4.75. The number of rotatable bonds is 10. The SMILES string of the molecule is CCCOC1C(COCCO)OC(O)C(OCCO)C1O. The first-order chi connectivity index (χ1) is 10.2. The molecule has 0 radical (unpaired) electrons. The molecule has 0 aliphatic carbocycles. The number of aliphatic hydroxyl groups excluding tert-OH is 4. The van der Waals surface area contributed by atoms with Crippen molar-refractivity contribution in [3.63, 3.8) is 0 Å². The fourth-order valence-corrected chi connectivity index (χ4v) is 2.14. The maximum absolute atomic E-state index is 10.3. The molecular formula is C13H26O8. The molecule has 0 saturated carbocycles. The average Bonchev–Trinajstić information content (AvgIpc) is 2.47. The lowest BCUT2D eigenvalue weighted by Gasteiger charge is -2.42. The molecule has 0 aromatic rings. The molecule has 126 valence electrons. The Labute approximate surface area is 124 Å². The predicted octanol–water partition coefficient (Wildman–Crippen LogP) is -1.75. The molecule has 8 nitrogen and oxygen atoms in total. The van der Waals surface area contributed by atoms with Crippen molar-refractivity contribution < 1.29 is 39.4 Å². The van der Waals surface area contributed by atoms with Gasteiger partial charge in [-0.15, -0.1) is 0 Å². The van der Waals surface area contributed by atoms with Crippen molar-refractivity contribution in [1.29, 1.82) is 0 Å². The van der Waals surface area contributed by atoms with Crippen molar-refractivity contribution in [3.8, 4) is 0 Å². The smallest absolute Gasteiger partial charge is 0.184 e. The maximum atomic E-state index is 10.3. The van der Waals surface area contributed by atoms with Crippen LogP contribution in [0.25, 0.3) is 0 Å². The van der Waals surface area contributed by atoms with Crippen LogP contribution in [0.2, 0.25) is 0 Å². The van der Waals surface area contributed by atoms with Gasteiger partial charge in [0.15, 0.2) is 6.29 Å². The summed E-state index contributed by atoms with van der Waals surface area (Å²) in [7, 11) is 0. The van der Waals surface area contributed by atoms with Gasteiger partial charge in [0.05, 0.1) is 33.0 Å². The third-order valence-electron chi connectivity index (χ3n) is 3.07. The summed E-state index contributed by atoms with van der Waals surface area (Å²) < 4.78 is 21.3. The first kappa shape index (κ1) is 18.7. The first-order valence-electron chi connectivity index (χ1n) is 7.20. The molecule has 21 heavy (non-hydrogen) atoms. The summed E-state index contributed by atoms with van der Waals surface area (Å²) in [6.07, 6.45) is -4.05. The molecule has 8 heteroatoms. The molecule has 1 fully saturated rings. The summed E-state index contributed by atoms with van der Waals surface area (Å²) in [6.45, 7) is 2.20. The zero-order chi connectivity index (χ0) is 15.7. The Morgan fingerprint density at radius 2 is 1.62 bits per heavy atom. The molecule has 0 bridgehead atoms. The summed E-state index contributed by atoms with van der Waals surface area (Å²) in [5.41, 5.74) is 0. The molecule has 1 rings (SSSR count). The average molecular weight is 310 g/mol. The topological polar surface area (TPSA) is 118 Å². The largest absolute Gasteiger partial charge is 0.394 e. The molecule has 0 aromatic carbocycles. The molecule has 1 aliphatic rings. The van der Waals surface area contributed by atoms with Crippen molar-refractivity contribution in [2.75, 3.05) is 39.6 Å². The van der Waals surface area contributed by atoms with Gasteiger partial charge in [0, 0.05) is 6.61 Å². The van der Waals surface area contributed by atoms with E-state index < -0.39 is 30.7 Å².